The summed E-state index contributed by atoms with van der Waals surface area (Å²) in [6, 6.07) is 15.9. The number of benzene rings is 2. The monoisotopic (exact) mass is 362 g/mol. The normalized spacial score (nSPS) is 11.0. The number of hydrogen-bond acceptors (Lipinski definition) is 4. The molecule has 5 heteroatoms. The van der Waals surface area contributed by atoms with Crippen LogP contribution in [0.4, 0.5) is 0 Å². The summed E-state index contributed by atoms with van der Waals surface area (Å²) in [6.07, 6.45) is 1.65. The highest BCUT2D eigenvalue weighted by Gasteiger charge is 2.13. The molecule has 0 amide bonds. The lowest BCUT2D eigenvalue weighted by atomic mass is 10.1. The zero-order valence-electron chi connectivity index (χ0n) is 14.6. The van der Waals surface area contributed by atoms with Gasteiger partial charge in [0.15, 0.2) is 0 Å². The summed E-state index contributed by atoms with van der Waals surface area (Å²) < 4.78 is 7.58. The van der Waals surface area contributed by atoms with Crippen LogP contribution in [0.3, 0.4) is 0 Å². The molecule has 0 atom stereocenters. The fourth-order valence-corrected chi connectivity index (χ4v) is 3.98. The summed E-state index contributed by atoms with van der Waals surface area (Å²) in [5.41, 5.74) is 5.06. The number of aromatic nitrogens is 2. The highest BCUT2D eigenvalue weighted by molar-refractivity contribution is 7.17. The van der Waals surface area contributed by atoms with E-state index in [1.54, 1.807) is 18.0 Å². The van der Waals surface area contributed by atoms with Crippen LogP contribution in [0.5, 0.6) is 5.75 Å². The predicted molar refractivity (Wildman–Crippen MR) is 106 cm³/mol. The smallest absolute Gasteiger partial charge is 0.271 e. The molecule has 0 saturated carbocycles. The number of thiophene rings is 1. The van der Waals surface area contributed by atoms with Gasteiger partial charge in [-0.05, 0) is 35.7 Å². The van der Waals surface area contributed by atoms with Crippen molar-refractivity contribution < 1.29 is 4.74 Å². The van der Waals surface area contributed by atoms with Gasteiger partial charge in [0.1, 0.15) is 10.4 Å². The minimum absolute atomic E-state index is 0.00279. The molecule has 0 spiro atoms. The third-order valence-corrected chi connectivity index (χ3v) is 5.51. The average Bonchev–Trinajstić information content (AvgIpc) is 3.10. The Hall–Kier alpha value is -2.92. The van der Waals surface area contributed by atoms with E-state index in [-0.39, 0.29) is 5.56 Å². The molecule has 0 N–H and O–H groups in total. The van der Waals surface area contributed by atoms with Gasteiger partial charge in [-0.25, -0.2) is 4.98 Å². The number of ether oxygens (including phenoxy) is 1. The predicted octanol–water partition coefficient (Wildman–Crippen LogP) is 4.49. The van der Waals surface area contributed by atoms with E-state index in [1.807, 2.05) is 47.8 Å². The van der Waals surface area contributed by atoms with Gasteiger partial charge in [0.2, 0.25) is 0 Å². The minimum atomic E-state index is 0.00279. The molecule has 0 saturated heterocycles. The van der Waals surface area contributed by atoms with E-state index in [1.165, 1.54) is 16.9 Å². The number of hydrogen-bond donors (Lipinski definition) is 0. The van der Waals surface area contributed by atoms with Crippen molar-refractivity contribution in [2.45, 2.75) is 13.5 Å². The second kappa shape index (κ2) is 6.77. The van der Waals surface area contributed by atoms with Gasteiger partial charge in [-0.2, -0.15) is 0 Å². The summed E-state index contributed by atoms with van der Waals surface area (Å²) in [7, 11) is 1.65. The van der Waals surface area contributed by atoms with Gasteiger partial charge < -0.3 is 4.74 Å². The first-order valence-electron chi connectivity index (χ1n) is 8.33. The van der Waals surface area contributed by atoms with Crippen LogP contribution >= 0.6 is 11.3 Å². The molecule has 2 aromatic heterocycles. The third kappa shape index (κ3) is 2.91. The molecule has 0 fully saturated rings. The van der Waals surface area contributed by atoms with Crippen molar-refractivity contribution >= 4 is 21.6 Å². The first-order valence-corrected chi connectivity index (χ1v) is 9.21. The van der Waals surface area contributed by atoms with E-state index in [0.29, 0.717) is 11.2 Å². The Morgan fingerprint density at radius 1 is 1.12 bits per heavy atom. The summed E-state index contributed by atoms with van der Waals surface area (Å²) >= 11 is 1.45. The van der Waals surface area contributed by atoms with Crippen LogP contribution in [-0.2, 0) is 6.54 Å². The molecule has 0 radical (unpaired) electrons. The molecular weight excluding hydrogens is 344 g/mol. The maximum absolute atomic E-state index is 12.9. The Morgan fingerprint density at radius 2 is 1.88 bits per heavy atom. The first kappa shape index (κ1) is 16.5. The number of methoxy groups -OCH3 is 1. The molecule has 130 valence electrons. The van der Waals surface area contributed by atoms with E-state index >= 15 is 0 Å². The number of nitrogens with zero attached hydrogens (tertiary/aromatic N) is 2. The maximum Gasteiger partial charge on any atom is 0.271 e. The van der Waals surface area contributed by atoms with Crippen molar-refractivity contribution in [2.75, 3.05) is 7.11 Å². The molecule has 4 nitrogen and oxygen atoms in total. The summed E-state index contributed by atoms with van der Waals surface area (Å²) in [5.74, 6) is 0.807. The molecule has 2 aromatic carbocycles. The Balaban J connectivity index is 1.75. The standard InChI is InChI=1S/C21H18N2O2S/c1-14-5-3-4-6-16(14)11-23-13-22-19-18(12-26-20(19)21(23)24)15-7-9-17(25-2)10-8-15/h3-10,12-13H,11H2,1-2H3. The summed E-state index contributed by atoms with van der Waals surface area (Å²) in [6.45, 7) is 2.59. The lowest BCUT2D eigenvalue weighted by molar-refractivity contribution is 0.415. The largest absolute Gasteiger partial charge is 0.497 e. The zero-order valence-corrected chi connectivity index (χ0v) is 15.4. The van der Waals surface area contributed by atoms with Crippen LogP contribution in [0, 0.1) is 6.92 Å². The van der Waals surface area contributed by atoms with Gasteiger partial charge in [-0.3, -0.25) is 9.36 Å². The van der Waals surface area contributed by atoms with Crippen LogP contribution in [0.15, 0.2) is 65.0 Å². The van der Waals surface area contributed by atoms with Crippen molar-refractivity contribution in [1.82, 2.24) is 9.55 Å². The molecule has 0 aliphatic heterocycles. The van der Waals surface area contributed by atoms with Gasteiger partial charge >= 0.3 is 0 Å². The second-order valence-corrected chi connectivity index (χ2v) is 7.04. The lowest BCUT2D eigenvalue weighted by Crippen LogP contribution is -2.20. The van der Waals surface area contributed by atoms with Crippen molar-refractivity contribution in [3.05, 3.63) is 81.7 Å². The van der Waals surface area contributed by atoms with Crippen molar-refractivity contribution in [3.63, 3.8) is 0 Å². The first-order chi connectivity index (χ1) is 12.7. The summed E-state index contributed by atoms with van der Waals surface area (Å²) in [5, 5.41) is 2.00. The van der Waals surface area contributed by atoms with Gasteiger partial charge in [-0.15, -0.1) is 11.3 Å². The van der Waals surface area contributed by atoms with E-state index in [2.05, 4.69) is 18.0 Å². The topological polar surface area (TPSA) is 44.1 Å². The minimum Gasteiger partial charge on any atom is -0.497 e. The number of fused-ring (bicyclic) bond motifs is 1. The van der Waals surface area contributed by atoms with Gasteiger partial charge in [0.05, 0.1) is 25.5 Å². The van der Waals surface area contributed by atoms with Crippen molar-refractivity contribution in [1.29, 1.82) is 0 Å². The molecule has 0 aliphatic rings. The van der Waals surface area contributed by atoms with Crippen LogP contribution in [0.2, 0.25) is 0 Å². The van der Waals surface area contributed by atoms with Crippen molar-refractivity contribution in [2.24, 2.45) is 0 Å². The van der Waals surface area contributed by atoms with E-state index < -0.39 is 0 Å². The van der Waals surface area contributed by atoms with E-state index in [0.717, 1.165) is 28.0 Å². The number of rotatable bonds is 4. The maximum atomic E-state index is 12.9. The molecule has 4 rings (SSSR count). The fraction of sp³-hybridized carbons (Fsp3) is 0.143. The van der Waals surface area contributed by atoms with Crippen LogP contribution < -0.4 is 10.3 Å². The quantitative estimate of drug-likeness (QED) is 0.537. The van der Waals surface area contributed by atoms with Crippen LogP contribution in [0.1, 0.15) is 11.1 Å². The van der Waals surface area contributed by atoms with Crippen molar-refractivity contribution in [3.8, 4) is 16.9 Å². The highest BCUT2D eigenvalue weighted by atomic mass is 32.1. The van der Waals surface area contributed by atoms with Gasteiger partial charge in [0.25, 0.3) is 5.56 Å². The summed E-state index contributed by atoms with van der Waals surface area (Å²) in [4.78, 5) is 17.5. The Morgan fingerprint density at radius 3 is 2.62 bits per heavy atom. The van der Waals surface area contributed by atoms with E-state index in [4.69, 9.17) is 4.74 Å². The SMILES string of the molecule is COc1ccc(-c2csc3c(=O)n(Cc4ccccc4C)cnc23)cc1. The molecule has 0 unspecified atom stereocenters. The molecule has 2 heterocycles. The van der Waals surface area contributed by atoms with Gasteiger partial charge in [0, 0.05) is 10.9 Å². The second-order valence-electron chi connectivity index (χ2n) is 6.16. The number of aryl methyl sites for hydroxylation is 1. The Bertz CT molecular complexity index is 1130. The van der Waals surface area contributed by atoms with Crippen LogP contribution in [-0.4, -0.2) is 16.7 Å². The highest BCUT2D eigenvalue weighted by Crippen LogP contribution is 2.31. The lowest BCUT2D eigenvalue weighted by Gasteiger charge is -2.08. The van der Waals surface area contributed by atoms with Gasteiger partial charge in [-0.1, -0.05) is 36.4 Å². The zero-order chi connectivity index (χ0) is 18.1. The Kier molecular flexibility index (Phi) is 4.31. The van der Waals surface area contributed by atoms with Crippen LogP contribution in [0.25, 0.3) is 21.3 Å². The van der Waals surface area contributed by atoms with E-state index in [9.17, 15) is 4.79 Å². The molecule has 26 heavy (non-hydrogen) atoms. The Labute approximate surface area is 155 Å². The fourth-order valence-electron chi connectivity index (χ4n) is 3.00. The molecule has 4 aromatic rings. The third-order valence-electron chi connectivity index (χ3n) is 4.55. The molecular formula is C21H18N2O2S. The molecule has 0 bridgehead atoms. The molecule has 0 aliphatic carbocycles. The average molecular weight is 362 g/mol.